The van der Waals surface area contributed by atoms with E-state index in [2.05, 4.69) is 0 Å². The zero-order valence-electron chi connectivity index (χ0n) is 13.2. The van der Waals surface area contributed by atoms with Crippen LogP contribution in [0.3, 0.4) is 0 Å². The van der Waals surface area contributed by atoms with Crippen molar-refractivity contribution in [3.8, 4) is 0 Å². The number of hydrogen-bond acceptors (Lipinski definition) is 3. The lowest BCUT2D eigenvalue weighted by Crippen LogP contribution is -2.43. The van der Waals surface area contributed by atoms with Crippen molar-refractivity contribution in [2.45, 2.75) is 50.9 Å². The highest BCUT2D eigenvalue weighted by Crippen LogP contribution is 2.35. The van der Waals surface area contributed by atoms with Crippen LogP contribution >= 0.6 is 0 Å². The quantitative estimate of drug-likeness (QED) is 0.414. The number of unbranched alkanes of at least 4 members (excludes halogenated alkanes) is 2. The third-order valence-electron chi connectivity index (χ3n) is 4.50. The van der Waals surface area contributed by atoms with E-state index in [1.807, 2.05) is 6.92 Å². The summed E-state index contributed by atoms with van der Waals surface area (Å²) in [6, 6.07) is 6.06. The van der Waals surface area contributed by atoms with Crippen molar-refractivity contribution in [3.63, 3.8) is 0 Å². The minimum absolute atomic E-state index is 0.0431. The smallest absolute Gasteiger partial charge is 0.325 e. The predicted molar refractivity (Wildman–Crippen MR) is 84.6 cm³/mol. The summed E-state index contributed by atoms with van der Waals surface area (Å²) in [5.74, 6) is -2.59. The van der Waals surface area contributed by atoms with E-state index in [1.54, 1.807) is 12.1 Å². The van der Waals surface area contributed by atoms with E-state index in [4.69, 9.17) is 0 Å². The monoisotopic (exact) mass is 318 g/mol. The van der Waals surface area contributed by atoms with Crippen LogP contribution in [0.4, 0.5) is 0 Å². The molecule has 0 aromatic heterocycles. The number of ketones is 1. The first kappa shape index (κ1) is 17.2. The van der Waals surface area contributed by atoms with Gasteiger partial charge in [-0.05, 0) is 24.8 Å². The van der Waals surface area contributed by atoms with Crippen molar-refractivity contribution in [1.29, 1.82) is 0 Å². The van der Waals surface area contributed by atoms with Gasteiger partial charge in [0.05, 0.1) is 0 Å². The summed E-state index contributed by atoms with van der Waals surface area (Å²) in [4.78, 5) is 35.5. The highest BCUT2D eigenvalue weighted by atomic mass is 16.4. The Morgan fingerprint density at radius 1 is 1.04 bits per heavy atom. The topological polar surface area (TPSA) is 91.7 Å². The first-order chi connectivity index (χ1) is 10.9. The van der Waals surface area contributed by atoms with E-state index in [0.29, 0.717) is 12.0 Å². The van der Waals surface area contributed by atoms with Gasteiger partial charge in [-0.15, -0.1) is 0 Å². The van der Waals surface area contributed by atoms with Crippen LogP contribution in [-0.2, 0) is 15.0 Å². The van der Waals surface area contributed by atoms with Gasteiger partial charge >= 0.3 is 11.9 Å². The molecule has 0 heterocycles. The Morgan fingerprint density at radius 3 is 2.04 bits per heavy atom. The van der Waals surface area contributed by atoms with Crippen molar-refractivity contribution >= 4 is 17.7 Å². The maximum Gasteiger partial charge on any atom is 0.325 e. The molecule has 0 unspecified atom stereocenters. The van der Waals surface area contributed by atoms with Crippen LogP contribution in [-0.4, -0.2) is 27.9 Å². The van der Waals surface area contributed by atoms with Crippen LogP contribution in [0.15, 0.2) is 24.3 Å². The van der Waals surface area contributed by atoms with Crippen molar-refractivity contribution in [2.24, 2.45) is 5.92 Å². The van der Waals surface area contributed by atoms with Crippen molar-refractivity contribution in [3.05, 3.63) is 35.4 Å². The SMILES string of the molecule is CCCCCC(C(=O)O)(C(=O)O)c1ccc(C(=O)C2CC2)cc1. The van der Waals surface area contributed by atoms with E-state index in [9.17, 15) is 24.6 Å². The van der Waals surface area contributed by atoms with Crippen molar-refractivity contribution < 1.29 is 24.6 Å². The average Bonchev–Trinajstić information content (AvgIpc) is 3.35. The van der Waals surface area contributed by atoms with E-state index in [1.165, 1.54) is 12.1 Å². The van der Waals surface area contributed by atoms with E-state index in [-0.39, 0.29) is 23.7 Å². The Kier molecular flexibility index (Phi) is 5.19. The second kappa shape index (κ2) is 6.94. The van der Waals surface area contributed by atoms with Crippen LogP contribution in [0, 0.1) is 5.92 Å². The van der Waals surface area contributed by atoms with E-state index >= 15 is 0 Å². The predicted octanol–water partition coefficient (Wildman–Crippen LogP) is 3.27. The minimum atomic E-state index is -1.95. The Balaban J connectivity index is 2.32. The number of rotatable bonds is 9. The highest BCUT2D eigenvalue weighted by Gasteiger charge is 2.47. The molecule has 1 saturated carbocycles. The average molecular weight is 318 g/mol. The lowest BCUT2D eigenvalue weighted by molar-refractivity contribution is -0.158. The molecule has 23 heavy (non-hydrogen) atoms. The molecule has 0 aliphatic heterocycles. The minimum Gasteiger partial charge on any atom is -0.480 e. The molecule has 124 valence electrons. The fourth-order valence-electron chi connectivity index (χ4n) is 2.84. The zero-order valence-corrected chi connectivity index (χ0v) is 13.2. The van der Waals surface area contributed by atoms with Gasteiger partial charge < -0.3 is 10.2 Å². The summed E-state index contributed by atoms with van der Waals surface area (Å²) in [6.45, 7) is 1.97. The van der Waals surface area contributed by atoms with Gasteiger partial charge in [-0.1, -0.05) is 50.5 Å². The van der Waals surface area contributed by atoms with Crippen LogP contribution in [0.5, 0.6) is 0 Å². The lowest BCUT2D eigenvalue weighted by Gasteiger charge is -2.25. The molecule has 0 amide bonds. The molecule has 0 saturated heterocycles. The molecule has 1 aromatic rings. The molecule has 2 N–H and O–H groups in total. The summed E-state index contributed by atoms with van der Waals surface area (Å²) in [6.07, 6.45) is 4.02. The number of carbonyl (C=O) groups is 3. The molecule has 1 aromatic carbocycles. The number of benzene rings is 1. The normalized spacial score (nSPS) is 14.5. The Bertz CT molecular complexity index is 584. The molecule has 0 atom stereocenters. The van der Waals surface area contributed by atoms with Crippen LogP contribution in [0.2, 0.25) is 0 Å². The fourth-order valence-corrected chi connectivity index (χ4v) is 2.84. The molecule has 0 spiro atoms. The summed E-state index contributed by atoms with van der Waals surface area (Å²) in [5.41, 5.74) is -1.20. The molecule has 1 aliphatic carbocycles. The number of aliphatic carboxylic acids is 2. The first-order valence-corrected chi connectivity index (χ1v) is 8.05. The van der Waals surface area contributed by atoms with Gasteiger partial charge in [-0.25, -0.2) is 0 Å². The van der Waals surface area contributed by atoms with Gasteiger partial charge in [0.1, 0.15) is 0 Å². The summed E-state index contributed by atoms with van der Waals surface area (Å²) >= 11 is 0. The lowest BCUT2D eigenvalue weighted by atomic mass is 9.76. The first-order valence-electron chi connectivity index (χ1n) is 8.05. The maximum atomic E-state index is 12.0. The third-order valence-corrected chi connectivity index (χ3v) is 4.50. The van der Waals surface area contributed by atoms with Crippen LogP contribution < -0.4 is 0 Å². The number of carboxylic acids is 2. The number of hydrogen-bond donors (Lipinski definition) is 2. The molecule has 1 aliphatic rings. The standard InChI is InChI=1S/C18H22O5/c1-2-3-4-11-18(16(20)21,17(22)23)14-9-7-13(8-10-14)15(19)12-5-6-12/h7-10,12H,2-6,11H2,1H3,(H,20,21)(H,22,23). The second-order valence-corrected chi connectivity index (χ2v) is 6.19. The fraction of sp³-hybridized carbons (Fsp3) is 0.500. The molecular weight excluding hydrogens is 296 g/mol. The van der Waals surface area contributed by atoms with E-state index in [0.717, 1.165) is 25.7 Å². The molecule has 0 radical (unpaired) electrons. The molecule has 2 rings (SSSR count). The summed E-state index contributed by atoms with van der Waals surface area (Å²) < 4.78 is 0. The number of Topliss-reactive ketones (excluding diaryl/α,β-unsaturated/α-hetero) is 1. The maximum absolute atomic E-state index is 12.0. The highest BCUT2D eigenvalue weighted by molar-refractivity contribution is 6.05. The zero-order chi connectivity index (χ0) is 17.0. The van der Waals surface area contributed by atoms with Gasteiger partial charge in [-0.2, -0.15) is 0 Å². The third kappa shape index (κ3) is 3.44. The van der Waals surface area contributed by atoms with Gasteiger partial charge in [0.25, 0.3) is 0 Å². The number of carboxylic acid groups (broad SMARTS) is 2. The van der Waals surface area contributed by atoms with E-state index < -0.39 is 17.4 Å². The molecular formula is C18H22O5. The van der Waals surface area contributed by atoms with Crippen molar-refractivity contribution in [2.75, 3.05) is 0 Å². The van der Waals surface area contributed by atoms with Crippen molar-refractivity contribution in [1.82, 2.24) is 0 Å². The number of carbonyl (C=O) groups excluding carboxylic acids is 1. The summed E-state index contributed by atoms with van der Waals surface area (Å²) in [7, 11) is 0. The van der Waals surface area contributed by atoms with Crippen LogP contribution in [0.25, 0.3) is 0 Å². The second-order valence-electron chi connectivity index (χ2n) is 6.19. The van der Waals surface area contributed by atoms with Gasteiger partial charge in [0, 0.05) is 11.5 Å². The van der Waals surface area contributed by atoms with Gasteiger partial charge in [0.2, 0.25) is 0 Å². The van der Waals surface area contributed by atoms with Gasteiger partial charge in [0.15, 0.2) is 11.2 Å². The Labute approximate surface area is 135 Å². The Morgan fingerprint density at radius 2 is 1.61 bits per heavy atom. The molecule has 5 nitrogen and oxygen atoms in total. The molecule has 1 fully saturated rings. The van der Waals surface area contributed by atoms with Gasteiger partial charge in [-0.3, -0.25) is 14.4 Å². The molecule has 5 heteroatoms. The van der Waals surface area contributed by atoms with Crippen LogP contribution in [0.1, 0.15) is 61.4 Å². The Hall–Kier alpha value is -2.17. The largest absolute Gasteiger partial charge is 0.480 e. The summed E-state index contributed by atoms with van der Waals surface area (Å²) in [5, 5.41) is 19.2. The molecule has 0 bridgehead atoms.